The van der Waals surface area contributed by atoms with Crippen molar-refractivity contribution in [2.75, 3.05) is 27.8 Å². The van der Waals surface area contributed by atoms with Gasteiger partial charge in [-0.15, -0.1) is 0 Å². The number of unbranched alkanes of at least 4 members (excludes halogenated alkanes) is 1. The third-order valence-corrected chi connectivity index (χ3v) is 13.8. The lowest BCUT2D eigenvalue weighted by Gasteiger charge is -2.49. The predicted octanol–water partition coefficient (Wildman–Crippen LogP) is 4.61. The highest BCUT2D eigenvalue weighted by Gasteiger charge is 2.53. The fourth-order valence-electron chi connectivity index (χ4n) is 9.85. The number of hydrogen-bond acceptors (Lipinski definition) is 15. The zero-order valence-electron chi connectivity index (χ0n) is 39.6. The number of carbonyl (C=O) groups is 1. The van der Waals surface area contributed by atoms with E-state index in [9.17, 15) is 30.3 Å². The first-order valence-electron chi connectivity index (χ1n) is 22.7. The van der Waals surface area contributed by atoms with Gasteiger partial charge in [-0.25, -0.2) is 0 Å². The molecule has 0 spiro atoms. The highest BCUT2D eigenvalue weighted by molar-refractivity contribution is 5.88. The van der Waals surface area contributed by atoms with Crippen LogP contribution in [0.25, 0.3) is 0 Å². The number of aryl methyl sites for hydroxylation is 1. The molecule has 3 fully saturated rings. The van der Waals surface area contributed by atoms with E-state index in [1.54, 1.807) is 48.5 Å². The van der Waals surface area contributed by atoms with Gasteiger partial charge in [0.05, 0.1) is 53.4 Å². The molecule has 4 rings (SSSR count). The quantitative estimate of drug-likeness (QED) is 0.105. The van der Waals surface area contributed by atoms with E-state index in [0.29, 0.717) is 18.7 Å². The van der Waals surface area contributed by atoms with Crippen LogP contribution in [0.2, 0.25) is 0 Å². The van der Waals surface area contributed by atoms with E-state index in [-0.39, 0.29) is 31.4 Å². The molecule has 15 heteroatoms. The van der Waals surface area contributed by atoms with Crippen molar-refractivity contribution in [1.82, 2.24) is 4.90 Å². The Morgan fingerprint density at radius 2 is 1.55 bits per heavy atom. The van der Waals surface area contributed by atoms with E-state index < -0.39 is 102 Å². The summed E-state index contributed by atoms with van der Waals surface area (Å²) in [6.45, 7) is 17.6. The average molecular weight is 881 g/mol. The van der Waals surface area contributed by atoms with Crippen LogP contribution in [-0.2, 0) is 44.5 Å². The smallest absolute Gasteiger partial charge is 0.311 e. The zero-order chi connectivity index (χ0) is 46.3. The van der Waals surface area contributed by atoms with Gasteiger partial charge in [-0.05, 0) is 99.7 Å². The van der Waals surface area contributed by atoms with Gasteiger partial charge < -0.3 is 63.7 Å². The number of hydrogen-bond donors (Lipinski definition) is 5. The number of rotatable bonds is 13. The molecule has 0 aromatic heterocycles. The predicted molar refractivity (Wildman–Crippen MR) is 234 cm³/mol. The second-order valence-corrected chi connectivity index (χ2v) is 19.4. The van der Waals surface area contributed by atoms with Crippen LogP contribution in [0.5, 0.6) is 0 Å². The lowest BCUT2D eigenvalue weighted by atomic mass is 9.73. The van der Waals surface area contributed by atoms with Crippen LogP contribution in [0.3, 0.4) is 0 Å². The second-order valence-electron chi connectivity index (χ2n) is 19.4. The number of benzene rings is 1. The Bertz CT molecular complexity index is 1560. The summed E-state index contributed by atoms with van der Waals surface area (Å²) in [5, 5.41) is 64.3. The van der Waals surface area contributed by atoms with Crippen LogP contribution >= 0.6 is 0 Å². The van der Waals surface area contributed by atoms with Gasteiger partial charge in [0.2, 0.25) is 0 Å². The molecule has 1 aromatic carbocycles. The zero-order valence-corrected chi connectivity index (χ0v) is 39.6. The maximum absolute atomic E-state index is 14.4. The van der Waals surface area contributed by atoms with Gasteiger partial charge in [-0.3, -0.25) is 4.79 Å². The summed E-state index contributed by atoms with van der Waals surface area (Å²) in [4.78, 5) is 22.3. The summed E-state index contributed by atoms with van der Waals surface area (Å²) in [5.74, 6) is -3.98. The molecule has 5 N–H and O–H groups in total. The van der Waals surface area contributed by atoms with Crippen molar-refractivity contribution in [3.63, 3.8) is 0 Å². The van der Waals surface area contributed by atoms with Crippen LogP contribution in [-0.4, -0.2) is 154 Å². The first kappa shape index (κ1) is 52.3. The van der Waals surface area contributed by atoms with Crippen molar-refractivity contribution in [2.24, 2.45) is 28.8 Å². The van der Waals surface area contributed by atoms with Gasteiger partial charge in [-0.1, -0.05) is 63.2 Å². The molecule has 0 saturated carbocycles. The fourth-order valence-corrected chi connectivity index (χ4v) is 9.85. The molecule has 15 nitrogen and oxygen atoms in total. The molecule has 1 aromatic rings. The number of methoxy groups -OCH3 is 1. The van der Waals surface area contributed by atoms with E-state index in [4.69, 9.17) is 33.3 Å². The van der Waals surface area contributed by atoms with Crippen molar-refractivity contribution in [3.05, 3.63) is 35.9 Å². The minimum atomic E-state index is -1.94. The van der Waals surface area contributed by atoms with Crippen molar-refractivity contribution in [2.45, 2.75) is 198 Å². The molecule has 18 atom stereocenters. The Balaban J connectivity index is 1.80. The summed E-state index contributed by atoms with van der Waals surface area (Å²) < 4.78 is 37.9. The first-order chi connectivity index (χ1) is 29.0. The Morgan fingerprint density at radius 1 is 0.887 bits per heavy atom. The topological polar surface area (TPSA) is 198 Å². The highest BCUT2D eigenvalue weighted by atomic mass is 16.7. The highest BCUT2D eigenvalue weighted by Crippen LogP contribution is 2.41. The van der Waals surface area contributed by atoms with Crippen LogP contribution in [0.1, 0.15) is 113 Å². The number of likely N-dealkylation sites (N-methyl/N-ethyl adjacent to an activating group) is 1. The number of aliphatic hydroxyl groups is 5. The fraction of sp³-hybridized carbons (Fsp3) is 0.830. The molecule has 356 valence electrons. The van der Waals surface area contributed by atoms with Gasteiger partial charge in [0.25, 0.3) is 0 Å². The normalized spacial score (nSPS) is 43.6. The van der Waals surface area contributed by atoms with Gasteiger partial charge >= 0.3 is 5.97 Å². The monoisotopic (exact) mass is 881 g/mol. The van der Waals surface area contributed by atoms with Crippen molar-refractivity contribution in [1.29, 1.82) is 0 Å². The molecule has 0 radical (unpaired) electrons. The first-order valence-corrected chi connectivity index (χ1v) is 22.7. The lowest BCUT2D eigenvalue weighted by molar-refractivity contribution is -0.317. The third kappa shape index (κ3) is 12.5. The van der Waals surface area contributed by atoms with Gasteiger partial charge in [0, 0.05) is 37.3 Å². The van der Waals surface area contributed by atoms with E-state index in [1.807, 2.05) is 51.0 Å². The number of nitrogens with zero attached hydrogens (tertiary/aromatic N) is 2. The molecule has 0 aliphatic carbocycles. The standard InChI is InChI=1S/C47H80N2O13/c1-14-35-47(10,55)40(51)29(4)37(48-57-23-19-18-22-33-20-16-15-17-21-33)27(2)25-45(8,54)42(62-44-38(50)34(49(11)12)24-28(3)58-44)30(5)39(31(6)43(53)60-35)61-36-26-46(9,56-13)41(52)32(7)59-36/h15-17,20-21,27-32,34-36,38-42,44,50-52,54-55H,14,18-19,22-26H2,1-13H3/b48-37-/t27-,28-,29-,30+,31-,32+,34+,35+,36+,38-,39+,40-,41+,42-,44+,45+,46-,47-/m1/s1. The second kappa shape index (κ2) is 22.3. The SMILES string of the molecule is CC[C@@H]1OC(=O)[C@H](C)[C@@H](O[C@H]2C[C@@](C)(OC)[C@@H](O)[C@H](C)O2)[C@H](C)[C@@H](O[C@@H]2O[C@H](C)C[C@H](N(C)C)[C@H]2O)[C@@](C)(O)C[C@@H](C)/C(=N/OCCCCc2ccccc2)[C@@H](C)[C@@H](O)[C@]1(C)O. The lowest BCUT2D eigenvalue weighted by Crippen LogP contribution is -2.61. The molecule has 0 amide bonds. The number of esters is 1. The summed E-state index contributed by atoms with van der Waals surface area (Å²) in [6.07, 6.45) is -6.77. The Hall–Kier alpha value is -2.28. The maximum Gasteiger partial charge on any atom is 0.311 e. The van der Waals surface area contributed by atoms with Crippen LogP contribution in [0.15, 0.2) is 35.5 Å². The molecule has 62 heavy (non-hydrogen) atoms. The van der Waals surface area contributed by atoms with Crippen molar-refractivity contribution < 1.29 is 63.6 Å². The van der Waals surface area contributed by atoms with E-state index in [2.05, 4.69) is 17.3 Å². The largest absolute Gasteiger partial charge is 0.459 e. The van der Waals surface area contributed by atoms with E-state index >= 15 is 0 Å². The molecule has 0 bridgehead atoms. The number of carbonyl (C=O) groups excluding carboxylic acids is 1. The third-order valence-electron chi connectivity index (χ3n) is 13.8. The van der Waals surface area contributed by atoms with Crippen LogP contribution in [0.4, 0.5) is 0 Å². The molecular formula is C47H80N2O13. The van der Waals surface area contributed by atoms with Crippen molar-refractivity contribution in [3.8, 4) is 0 Å². The minimum absolute atomic E-state index is 0.0144. The van der Waals surface area contributed by atoms with Gasteiger partial charge in [0.1, 0.15) is 30.5 Å². The van der Waals surface area contributed by atoms with Crippen molar-refractivity contribution >= 4 is 11.7 Å². The number of aliphatic hydroxyl groups excluding tert-OH is 3. The van der Waals surface area contributed by atoms with Crippen LogP contribution in [0, 0.1) is 23.7 Å². The number of oxime groups is 1. The number of cyclic esters (lactones) is 1. The molecular weight excluding hydrogens is 801 g/mol. The summed E-state index contributed by atoms with van der Waals surface area (Å²) in [5.41, 5.74) is -3.11. The van der Waals surface area contributed by atoms with E-state index in [1.165, 1.54) is 19.6 Å². The molecule has 0 unspecified atom stereocenters. The Kier molecular flexibility index (Phi) is 18.8. The van der Waals surface area contributed by atoms with Crippen LogP contribution < -0.4 is 0 Å². The number of ether oxygens (including phenoxy) is 6. The molecule has 3 aliphatic rings. The minimum Gasteiger partial charge on any atom is -0.459 e. The van der Waals surface area contributed by atoms with Gasteiger partial charge in [0.15, 0.2) is 12.6 Å². The van der Waals surface area contributed by atoms with Gasteiger partial charge in [-0.2, -0.15) is 0 Å². The van der Waals surface area contributed by atoms with E-state index in [0.717, 1.165) is 19.3 Å². The Labute approximate surface area is 370 Å². The average Bonchev–Trinajstić information content (AvgIpc) is 3.22. The summed E-state index contributed by atoms with van der Waals surface area (Å²) in [7, 11) is 5.25. The molecule has 3 saturated heterocycles. The summed E-state index contributed by atoms with van der Waals surface area (Å²) in [6, 6.07) is 9.86. The maximum atomic E-state index is 14.4. The molecule has 3 heterocycles. The summed E-state index contributed by atoms with van der Waals surface area (Å²) >= 11 is 0. The Morgan fingerprint density at radius 3 is 2.16 bits per heavy atom. The molecule has 3 aliphatic heterocycles.